The van der Waals surface area contributed by atoms with Crippen LogP contribution in [0.2, 0.25) is 0 Å². The molecule has 1 N–H and O–H groups in total. The summed E-state index contributed by atoms with van der Waals surface area (Å²) in [6.45, 7) is 7.95. The molecule has 5 rings (SSSR count). The number of anilines is 1. The Labute approximate surface area is 234 Å². The van der Waals surface area contributed by atoms with Crippen LogP contribution in [0.4, 0.5) is 5.13 Å². The Bertz CT molecular complexity index is 1050. The molecule has 2 unspecified atom stereocenters. The fourth-order valence-electron chi connectivity index (χ4n) is 5.20. The van der Waals surface area contributed by atoms with Crippen LogP contribution in [-0.2, 0) is 9.59 Å². The van der Waals surface area contributed by atoms with E-state index in [4.69, 9.17) is 0 Å². The number of nitrogens with zero attached hydrogens (tertiary/aromatic N) is 5. The van der Waals surface area contributed by atoms with Crippen molar-refractivity contribution >= 4 is 46.0 Å². The van der Waals surface area contributed by atoms with Crippen LogP contribution in [0.25, 0.3) is 0 Å². The molecule has 3 fully saturated rings. The van der Waals surface area contributed by atoms with Gasteiger partial charge in [-0.1, -0.05) is 6.92 Å². The van der Waals surface area contributed by atoms with Crippen molar-refractivity contribution in [2.75, 3.05) is 51.2 Å². The average molecular weight is 530 g/mol. The Morgan fingerprint density at radius 2 is 1.91 bits per heavy atom. The van der Waals surface area contributed by atoms with E-state index in [2.05, 4.69) is 14.8 Å². The van der Waals surface area contributed by atoms with Crippen molar-refractivity contribution in [3.8, 4) is 0 Å². The number of hydrogen-bond acceptors (Lipinski definition) is 10. The van der Waals surface area contributed by atoms with Gasteiger partial charge in [0, 0.05) is 60.7 Å². The number of likely N-dealkylation sites (N-methyl/N-ethyl adjacent to an activating group) is 1. The minimum atomic E-state index is -1.35. The van der Waals surface area contributed by atoms with E-state index < -0.39 is 18.0 Å². The molecule has 1 aromatic rings. The molecule has 0 saturated carbocycles. The molecule has 3 saturated heterocycles. The van der Waals surface area contributed by atoms with Crippen molar-refractivity contribution in [1.82, 2.24) is 19.7 Å². The number of piperazine rings is 1. The van der Waals surface area contributed by atoms with E-state index in [1.54, 1.807) is 12.3 Å². The number of carboxylic acid groups (broad SMARTS) is 1. The Balaban J connectivity index is 0.00000289. The maximum atomic E-state index is 12.8. The number of carbonyl (C=O) groups excluding carboxylic acids is 3. The molecule has 0 radical (unpaired) electrons. The van der Waals surface area contributed by atoms with Crippen LogP contribution in [0.3, 0.4) is 0 Å². The smallest absolute Gasteiger partial charge is 0.543 e. The fourth-order valence-corrected chi connectivity index (χ4v) is 7.53. The molecule has 4 aliphatic rings. The molecule has 35 heavy (non-hydrogen) atoms. The monoisotopic (exact) mass is 529 g/mol. The number of hydrogen-bond donors (Lipinski definition) is 1. The van der Waals surface area contributed by atoms with Crippen molar-refractivity contribution in [3.05, 3.63) is 21.7 Å². The van der Waals surface area contributed by atoms with E-state index in [0.29, 0.717) is 36.8 Å². The van der Waals surface area contributed by atoms with E-state index in [9.17, 15) is 24.6 Å². The fraction of sp³-hybridized carbons (Fsp3) is 0.636. The molecule has 4 atom stereocenters. The molecule has 13 heteroatoms. The van der Waals surface area contributed by atoms with Gasteiger partial charge < -0.3 is 34.6 Å². The molecule has 10 nitrogen and oxygen atoms in total. The summed E-state index contributed by atoms with van der Waals surface area (Å²) in [5.41, 5.74) is 0.427. The second kappa shape index (κ2) is 10.3. The molecule has 2 amide bonds. The second-order valence-corrected chi connectivity index (χ2v) is 11.7. The summed E-state index contributed by atoms with van der Waals surface area (Å²) < 4.78 is 0. The normalized spacial score (nSPS) is 27.8. The van der Waals surface area contributed by atoms with Gasteiger partial charge in [-0.15, -0.1) is 23.1 Å². The first-order chi connectivity index (χ1) is 16.2. The number of aliphatic hydroxyl groups excluding tert-OH is 1. The standard InChI is InChI=1S/C22H29N5O5S2.Na/c1-11-16-15(12(2)28)20(30)27(16)17(21(31)32)18(11)34-13-8-26(9-13)22-23-14(10-33-22)19(29)25-6-4-24(3)5-7-25;/h10-13,15-16,28H,4-9H2,1-3H3,(H,31,32);/q;+1/p-1/t11-,12-,15?,16?;/m1./s1. The maximum Gasteiger partial charge on any atom is 1.00 e. The van der Waals surface area contributed by atoms with Crippen LogP contribution in [0.15, 0.2) is 16.0 Å². The van der Waals surface area contributed by atoms with E-state index in [0.717, 1.165) is 18.2 Å². The Kier molecular flexibility index (Phi) is 7.92. The van der Waals surface area contributed by atoms with Crippen LogP contribution >= 0.6 is 23.1 Å². The summed E-state index contributed by atoms with van der Waals surface area (Å²) in [5, 5.41) is 24.6. The number of amides is 2. The average Bonchev–Trinajstić information content (AvgIpc) is 3.32. The van der Waals surface area contributed by atoms with Gasteiger partial charge >= 0.3 is 29.6 Å². The van der Waals surface area contributed by atoms with Crippen LogP contribution in [0.5, 0.6) is 0 Å². The van der Waals surface area contributed by atoms with Crippen LogP contribution in [0, 0.1) is 11.8 Å². The zero-order valence-corrected chi connectivity index (χ0v) is 24.0. The number of aliphatic carboxylic acids is 1. The third-order valence-electron chi connectivity index (χ3n) is 7.22. The zero-order chi connectivity index (χ0) is 24.3. The van der Waals surface area contributed by atoms with Gasteiger partial charge in [0.2, 0.25) is 5.91 Å². The molecule has 4 aliphatic heterocycles. The maximum absolute atomic E-state index is 12.8. The van der Waals surface area contributed by atoms with Gasteiger partial charge in [-0.3, -0.25) is 9.59 Å². The number of thioether (sulfide) groups is 1. The first kappa shape index (κ1) is 26.9. The summed E-state index contributed by atoms with van der Waals surface area (Å²) >= 11 is 2.92. The third kappa shape index (κ3) is 4.67. The van der Waals surface area contributed by atoms with E-state index >= 15 is 0 Å². The largest absolute Gasteiger partial charge is 1.00 e. The van der Waals surface area contributed by atoms with Gasteiger partial charge in [0.05, 0.1) is 29.7 Å². The molecule has 0 bridgehead atoms. The minimum absolute atomic E-state index is 0. The molecule has 5 heterocycles. The number of fused-ring (bicyclic) bond motifs is 1. The van der Waals surface area contributed by atoms with Gasteiger partial charge in [-0.2, -0.15) is 0 Å². The van der Waals surface area contributed by atoms with Crippen molar-refractivity contribution in [2.24, 2.45) is 11.8 Å². The zero-order valence-electron chi connectivity index (χ0n) is 20.3. The summed E-state index contributed by atoms with van der Waals surface area (Å²) in [5.74, 6) is -2.48. The van der Waals surface area contributed by atoms with Gasteiger partial charge in [0.25, 0.3) is 5.91 Å². The van der Waals surface area contributed by atoms with Gasteiger partial charge in [-0.05, 0) is 14.0 Å². The Morgan fingerprint density at radius 1 is 1.26 bits per heavy atom. The molecule has 0 spiro atoms. The predicted molar refractivity (Wildman–Crippen MR) is 126 cm³/mol. The number of rotatable bonds is 6. The predicted octanol–water partition coefficient (Wildman–Crippen LogP) is -3.72. The Morgan fingerprint density at radius 3 is 2.51 bits per heavy atom. The molecule has 1 aromatic heterocycles. The van der Waals surface area contributed by atoms with Crippen molar-refractivity contribution in [1.29, 1.82) is 0 Å². The first-order valence-electron chi connectivity index (χ1n) is 11.5. The summed E-state index contributed by atoms with van der Waals surface area (Å²) in [4.78, 5) is 49.7. The number of thiazole rings is 1. The number of carboxylic acids is 1. The number of aliphatic hydroxyl groups is 1. The minimum Gasteiger partial charge on any atom is -0.543 e. The molecular weight excluding hydrogens is 501 g/mol. The van der Waals surface area contributed by atoms with E-state index in [1.807, 2.05) is 18.9 Å². The van der Waals surface area contributed by atoms with E-state index in [1.165, 1.54) is 28.0 Å². The van der Waals surface area contributed by atoms with Crippen molar-refractivity contribution < 1.29 is 54.2 Å². The molecule has 0 aliphatic carbocycles. The van der Waals surface area contributed by atoms with E-state index in [-0.39, 0.29) is 64.3 Å². The van der Waals surface area contributed by atoms with Crippen LogP contribution < -0.4 is 39.6 Å². The topological polar surface area (TPSA) is 120 Å². The molecule has 184 valence electrons. The summed E-state index contributed by atoms with van der Waals surface area (Å²) in [6.07, 6.45) is -0.824. The van der Waals surface area contributed by atoms with Gasteiger partial charge in [-0.25, -0.2) is 4.98 Å². The summed E-state index contributed by atoms with van der Waals surface area (Å²) in [7, 11) is 2.05. The van der Waals surface area contributed by atoms with Crippen molar-refractivity contribution in [2.45, 2.75) is 31.2 Å². The SMILES string of the molecule is C[C@@H](O)C1C(=O)N2C(C(=O)[O-])=C(SC3CN(c4nc(C(=O)N5CCN(C)CC5)cs4)C3)[C@H](C)C12.[Na+]. The third-order valence-corrected chi connectivity index (χ3v) is 9.57. The second-order valence-electron chi connectivity index (χ2n) is 9.51. The quantitative estimate of drug-likeness (QED) is 0.293. The van der Waals surface area contributed by atoms with Crippen LogP contribution in [0.1, 0.15) is 24.3 Å². The molecular formula is C22H28N5NaO5S2. The number of β-lactam (4-membered cyclic amide) rings is 1. The Hall–Kier alpha value is -1.15. The summed E-state index contributed by atoms with van der Waals surface area (Å²) in [6, 6.07) is -0.332. The molecule has 0 aromatic carbocycles. The van der Waals surface area contributed by atoms with Crippen LogP contribution in [-0.4, -0.2) is 106 Å². The first-order valence-corrected chi connectivity index (χ1v) is 13.2. The van der Waals surface area contributed by atoms with Gasteiger partial charge in [0.15, 0.2) is 5.13 Å². The number of aromatic nitrogens is 1. The van der Waals surface area contributed by atoms with Gasteiger partial charge in [0.1, 0.15) is 5.69 Å². The van der Waals surface area contributed by atoms with Crippen molar-refractivity contribution in [3.63, 3.8) is 0 Å². The number of carbonyl (C=O) groups is 3.